The van der Waals surface area contributed by atoms with Crippen molar-refractivity contribution in [2.45, 2.75) is 32.9 Å². The van der Waals surface area contributed by atoms with Gasteiger partial charge in [0, 0.05) is 0 Å². The zero-order chi connectivity index (χ0) is 13.6. The molecule has 2 amide bonds. The molecule has 1 aromatic heterocycles. The highest BCUT2D eigenvalue weighted by molar-refractivity contribution is 6.05. The summed E-state index contributed by atoms with van der Waals surface area (Å²) in [5.74, 6) is 1.04. The number of likely N-dealkylation sites (tertiary alicyclic amines) is 1. The van der Waals surface area contributed by atoms with Crippen molar-refractivity contribution in [3.8, 4) is 0 Å². The molecule has 0 bridgehead atoms. The summed E-state index contributed by atoms with van der Waals surface area (Å²) in [6.07, 6.45) is 1.62. The quantitative estimate of drug-likeness (QED) is 0.834. The van der Waals surface area contributed by atoms with E-state index in [0.29, 0.717) is 17.4 Å². The lowest BCUT2D eigenvalue weighted by molar-refractivity contribution is -0.141. The third-order valence-electron chi connectivity index (χ3n) is 4.15. The summed E-state index contributed by atoms with van der Waals surface area (Å²) < 4.78 is 5.34. The largest absolute Gasteiger partial charge is 0.462 e. The van der Waals surface area contributed by atoms with E-state index < -0.39 is 0 Å². The molecule has 1 saturated heterocycles. The molecule has 19 heavy (non-hydrogen) atoms. The van der Waals surface area contributed by atoms with Crippen LogP contribution in [0.3, 0.4) is 0 Å². The number of amides is 2. The van der Waals surface area contributed by atoms with Crippen LogP contribution in [0.4, 0.5) is 0 Å². The number of carbonyl (C=O) groups is 2. The Labute approximate surface area is 111 Å². The van der Waals surface area contributed by atoms with Gasteiger partial charge in [0.05, 0.1) is 18.4 Å². The molecule has 3 rings (SSSR count). The van der Waals surface area contributed by atoms with Crippen molar-refractivity contribution >= 4 is 11.8 Å². The Balaban J connectivity index is 1.76. The lowest BCUT2D eigenvalue weighted by Gasteiger charge is -2.15. The van der Waals surface area contributed by atoms with Crippen molar-refractivity contribution < 1.29 is 19.1 Å². The Morgan fingerprint density at radius 1 is 1.21 bits per heavy atom. The van der Waals surface area contributed by atoms with Gasteiger partial charge in [-0.3, -0.25) is 14.5 Å². The number of aliphatic hydroxyl groups excluding tert-OH is 1. The standard InChI is InChI=1S/C14H17NO4/c1-8-4-11-12(5-8)14(18)15(13(11)17)6-9-2-3-10(7-16)19-9/h2-3,8,11-12,16H,4-7H2,1H3. The van der Waals surface area contributed by atoms with Crippen LogP contribution < -0.4 is 0 Å². The third kappa shape index (κ3) is 1.98. The Hall–Kier alpha value is -1.62. The first-order valence-electron chi connectivity index (χ1n) is 6.63. The Morgan fingerprint density at radius 3 is 2.32 bits per heavy atom. The first kappa shape index (κ1) is 12.4. The zero-order valence-corrected chi connectivity index (χ0v) is 10.8. The van der Waals surface area contributed by atoms with Gasteiger partial charge < -0.3 is 9.52 Å². The van der Waals surface area contributed by atoms with Crippen molar-refractivity contribution in [1.29, 1.82) is 0 Å². The van der Waals surface area contributed by atoms with Crippen molar-refractivity contribution in [2.24, 2.45) is 17.8 Å². The minimum Gasteiger partial charge on any atom is -0.462 e. The number of rotatable bonds is 3. The number of hydrogen-bond donors (Lipinski definition) is 1. The van der Waals surface area contributed by atoms with Gasteiger partial charge in [0.1, 0.15) is 18.1 Å². The first-order chi connectivity index (χ1) is 9.10. The molecule has 1 aliphatic carbocycles. The second kappa shape index (κ2) is 4.49. The van der Waals surface area contributed by atoms with Crippen LogP contribution in [-0.4, -0.2) is 21.8 Å². The number of hydrogen-bond acceptors (Lipinski definition) is 4. The average molecular weight is 263 g/mol. The molecule has 1 N–H and O–H groups in total. The molecule has 1 aromatic rings. The van der Waals surface area contributed by atoms with E-state index in [9.17, 15) is 9.59 Å². The molecule has 1 saturated carbocycles. The summed E-state index contributed by atoms with van der Waals surface area (Å²) >= 11 is 0. The molecule has 5 heteroatoms. The fourth-order valence-corrected chi connectivity index (χ4v) is 3.25. The van der Waals surface area contributed by atoms with Gasteiger partial charge in [-0.1, -0.05) is 6.92 Å². The molecule has 5 nitrogen and oxygen atoms in total. The molecule has 2 aliphatic rings. The summed E-state index contributed by atoms with van der Waals surface area (Å²) in [4.78, 5) is 25.8. The molecule has 0 aromatic carbocycles. The fraction of sp³-hybridized carbons (Fsp3) is 0.571. The molecule has 1 aliphatic heterocycles. The average Bonchev–Trinajstić information content (AvgIpc) is 3.04. The third-order valence-corrected chi connectivity index (χ3v) is 4.15. The first-order valence-corrected chi connectivity index (χ1v) is 6.63. The molecule has 0 spiro atoms. The normalized spacial score (nSPS) is 30.2. The lowest BCUT2D eigenvalue weighted by Crippen LogP contribution is -2.31. The SMILES string of the molecule is CC1CC2C(=O)N(Cc3ccc(CO)o3)C(=O)C2C1. The Bertz CT molecular complexity index is 497. The van der Waals surface area contributed by atoms with Gasteiger partial charge in [0.25, 0.3) is 0 Å². The number of aliphatic hydroxyl groups is 1. The molecule has 2 unspecified atom stereocenters. The van der Waals surface area contributed by atoms with Crippen LogP contribution in [0.25, 0.3) is 0 Å². The highest BCUT2D eigenvalue weighted by atomic mass is 16.4. The van der Waals surface area contributed by atoms with Crippen LogP contribution in [0.2, 0.25) is 0 Å². The van der Waals surface area contributed by atoms with Gasteiger partial charge in [-0.15, -0.1) is 0 Å². The van der Waals surface area contributed by atoms with Gasteiger partial charge >= 0.3 is 0 Å². The lowest BCUT2D eigenvalue weighted by atomic mass is 10.00. The maximum absolute atomic E-state index is 12.2. The molecule has 0 radical (unpaired) electrons. The molecular formula is C14H17NO4. The molecule has 2 heterocycles. The van der Waals surface area contributed by atoms with E-state index >= 15 is 0 Å². The van der Waals surface area contributed by atoms with Crippen LogP contribution in [-0.2, 0) is 22.7 Å². The number of imide groups is 1. The van der Waals surface area contributed by atoms with E-state index in [1.165, 1.54) is 4.90 Å². The summed E-state index contributed by atoms with van der Waals surface area (Å²) in [6.45, 7) is 2.09. The van der Waals surface area contributed by atoms with Crippen molar-refractivity contribution in [2.75, 3.05) is 0 Å². The van der Waals surface area contributed by atoms with E-state index in [1.807, 2.05) is 0 Å². The topological polar surface area (TPSA) is 70.8 Å². The van der Waals surface area contributed by atoms with Gasteiger partial charge in [0.15, 0.2) is 0 Å². The number of carbonyl (C=O) groups excluding carboxylic acids is 2. The van der Waals surface area contributed by atoms with Crippen LogP contribution in [0.1, 0.15) is 31.3 Å². The Kier molecular flexibility index (Phi) is 2.93. The van der Waals surface area contributed by atoms with E-state index in [2.05, 4.69) is 6.92 Å². The molecular weight excluding hydrogens is 246 g/mol. The smallest absolute Gasteiger partial charge is 0.233 e. The van der Waals surface area contributed by atoms with Crippen LogP contribution >= 0.6 is 0 Å². The van der Waals surface area contributed by atoms with Gasteiger partial charge in [-0.05, 0) is 30.9 Å². The second-order valence-corrected chi connectivity index (χ2v) is 5.58. The second-order valence-electron chi connectivity index (χ2n) is 5.58. The molecule has 2 atom stereocenters. The zero-order valence-electron chi connectivity index (χ0n) is 10.8. The summed E-state index contributed by atoms with van der Waals surface area (Å²) in [7, 11) is 0. The fourth-order valence-electron chi connectivity index (χ4n) is 3.25. The minimum absolute atomic E-state index is 0.0682. The van der Waals surface area contributed by atoms with E-state index in [1.54, 1.807) is 12.1 Å². The van der Waals surface area contributed by atoms with E-state index in [-0.39, 0.29) is 36.8 Å². The molecule has 2 fully saturated rings. The van der Waals surface area contributed by atoms with Crippen LogP contribution in [0, 0.1) is 17.8 Å². The number of nitrogens with zero attached hydrogens (tertiary/aromatic N) is 1. The summed E-state index contributed by atoms with van der Waals surface area (Å²) in [5, 5.41) is 8.93. The van der Waals surface area contributed by atoms with Crippen molar-refractivity contribution in [3.63, 3.8) is 0 Å². The summed E-state index contributed by atoms with van der Waals surface area (Å²) in [6, 6.07) is 3.35. The highest BCUT2D eigenvalue weighted by Gasteiger charge is 2.51. The highest BCUT2D eigenvalue weighted by Crippen LogP contribution is 2.43. The van der Waals surface area contributed by atoms with E-state index in [0.717, 1.165) is 12.8 Å². The van der Waals surface area contributed by atoms with Crippen LogP contribution in [0.15, 0.2) is 16.5 Å². The molecule has 102 valence electrons. The van der Waals surface area contributed by atoms with Crippen LogP contribution in [0.5, 0.6) is 0 Å². The minimum atomic E-state index is -0.176. The number of fused-ring (bicyclic) bond motifs is 1. The van der Waals surface area contributed by atoms with Gasteiger partial charge in [-0.25, -0.2) is 0 Å². The monoisotopic (exact) mass is 263 g/mol. The van der Waals surface area contributed by atoms with Gasteiger partial charge in [-0.2, -0.15) is 0 Å². The van der Waals surface area contributed by atoms with Crippen molar-refractivity contribution in [1.82, 2.24) is 4.90 Å². The Morgan fingerprint density at radius 2 is 1.79 bits per heavy atom. The predicted molar refractivity (Wildman–Crippen MR) is 65.6 cm³/mol. The maximum Gasteiger partial charge on any atom is 0.233 e. The van der Waals surface area contributed by atoms with Crippen molar-refractivity contribution in [3.05, 3.63) is 23.7 Å². The maximum atomic E-state index is 12.2. The number of furan rings is 1. The van der Waals surface area contributed by atoms with Gasteiger partial charge in [0.2, 0.25) is 11.8 Å². The summed E-state index contributed by atoms with van der Waals surface area (Å²) in [5.41, 5.74) is 0. The predicted octanol–water partition coefficient (Wildman–Crippen LogP) is 1.30. The van der Waals surface area contributed by atoms with E-state index in [4.69, 9.17) is 9.52 Å².